The molecular formula is C4H12Zn2. The van der Waals surface area contributed by atoms with Crippen molar-refractivity contribution >= 4 is 0 Å². The first kappa shape index (κ1) is 10.3. The van der Waals surface area contributed by atoms with Crippen LogP contribution in [0.2, 0.25) is 22.1 Å². The molecule has 0 N–H and O–H groups in total. The van der Waals surface area contributed by atoms with Crippen molar-refractivity contribution in [3.8, 4) is 0 Å². The van der Waals surface area contributed by atoms with Crippen LogP contribution in [0.3, 0.4) is 0 Å². The van der Waals surface area contributed by atoms with E-state index >= 15 is 0 Å². The van der Waals surface area contributed by atoms with Crippen molar-refractivity contribution in [2.24, 2.45) is 0 Å². The summed E-state index contributed by atoms with van der Waals surface area (Å²) in [5.41, 5.74) is 9.25. The van der Waals surface area contributed by atoms with Gasteiger partial charge in [-0.05, 0) is 0 Å². The fourth-order valence-electron chi connectivity index (χ4n) is 0. The van der Waals surface area contributed by atoms with Crippen molar-refractivity contribution in [3.05, 3.63) is 0 Å². The van der Waals surface area contributed by atoms with Gasteiger partial charge in [0, 0.05) is 0 Å². The monoisotopic (exact) mass is 188 g/mol. The molecule has 0 unspecified atom stereocenters. The van der Waals surface area contributed by atoms with E-state index in [4.69, 9.17) is 0 Å². The summed E-state index contributed by atoms with van der Waals surface area (Å²) in [5.74, 6) is 0. The second-order valence-electron chi connectivity index (χ2n) is 1.41. The van der Waals surface area contributed by atoms with Crippen LogP contribution in [0.4, 0.5) is 0 Å². The van der Waals surface area contributed by atoms with Gasteiger partial charge in [0.2, 0.25) is 0 Å². The zero-order valence-corrected chi connectivity index (χ0v) is 11.3. The molecule has 0 aliphatic rings. The van der Waals surface area contributed by atoms with E-state index in [0.29, 0.717) is 0 Å². The van der Waals surface area contributed by atoms with Gasteiger partial charge >= 0.3 is 56.3 Å². The predicted molar refractivity (Wildman–Crippen MR) is 23.5 cm³/mol. The van der Waals surface area contributed by atoms with Crippen molar-refractivity contribution in [2.45, 2.75) is 22.1 Å². The molecule has 32 valence electrons. The fraction of sp³-hybridized carbons (Fsp3) is 1.00. The fourth-order valence-corrected chi connectivity index (χ4v) is 0. The van der Waals surface area contributed by atoms with E-state index in [1.807, 2.05) is 0 Å². The molecule has 0 aliphatic carbocycles. The summed E-state index contributed by atoms with van der Waals surface area (Å²) in [5, 5.41) is 0. The molecule has 0 aromatic carbocycles. The Kier molecular flexibility index (Phi) is 27.9. The Morgan fingerprint density at radius 3 is 0.667 bits per heavy atom. The summed E-state index contributed by atoms with van der Waals surface area (Å²) >= 11 is 0.250. The molecule has 0 heterocycles. The minimum atomic E-state index is 0.125. The molecule has 0 fully saturated rings. The molecule has 0 atom stereocenters. The standard InChI is InChI=1S/4CH3.2Zn/h4*1H3;;. The maximum absolute atomic E-state index is 2.31. The van der Waals surface area contributed by atoms with Gasteiger partial charge in [-0.3, -0.25) is 0 Å². The molecule has 0 aromatic heterocycles. The Labute approximate surface area is 56.3 Å². The van der Waals surface area contributed by atoms with E-state index in [1.54, 1.807) is 0 Å². The van der Waals surface area contributed by atoms with Gasteiger partial charge in [0.15, 0.2) is 0 Å². The van der Waals surface area contributed by atoms with Gasteiger partial charge in [0.25, 0.3) is 0 Å². The molecule has 0 aromatic rings. The van der Waals surface area contributed by atoms with Crippen LogP contribution < -0.4 is 0 Å². The van der Waals surface area contributed by atoms with Gasteiger partial charge < -0.3 is 0 Å². The van der Waals surface area contributed by atoms with Crippen LogP contribution in [0.5, 0.6) is 0 Å². The summed E-state index contributed by atoms with van der Waals surface area (Å²) in [6.07, 6.45) is 0. The van der Waals surface area contributed by atoms with E-state index in [1.165, 1.54) is 0 Å². The molecule has 0 spiro atoms. The van der Waals surface area contributed by atoms with Gasteiger partial charge in [0.05, 0.1) is 0 Å². The zero-order valence-electron chi connectivity index (χ0n) is 5.41. The normalized spacial score (nSPS) is 3.33. The third-order valence-electron chi connectivity index (χ3n) is 0. The van der Waals surface area contributed by atoms with Crippen LogP contribution >= 0.6 is 0 Å². The quantitative estimate of drug-likeness (QED) is 0.515. The Morgan fingerprint density at radius 1 is 0.667 bits per heavy atom. The van der Waals surface area contributed by atoms with Crippen LogP contribution in [0.25, 0.3) is 0 Å². The summed E-state index contributed by atoms with van der Waals surface area (Å²) in [4.78, 5) is 0. The zero-order chi connectivity index (χ0) is 5.41. The molecule has 0 rings (SSSR count). The Hall–Kier alpha value is 1.25. The van der Waals surface area contributed by atoms with E-state index in [0.717, 1.165) is 0 Å². The van der Waals surface area contributed by atoms with E-state index in [9.17, 15) is 0 Å². The summed E-state index contributed by atoms with van der Waals surface area (Å²) in [7, 11) is 0. The van der Waals surface area contributed by atoms with Crippen molar-refractivity contribution in [1.29, 1.82) is 0 Å². The molecule has 0 radical (unpaired) electrons. The first-order valence-electron chi connectivity index (χ1n) is 2.83. The van der Waals surface area contributed by atoms with Crippen LogP contribution in [0, 0.1) is 0 Å². The Morgan fingerprint density at radius 2 is 0.667 bits per heavy atom. The number of hydrogen-bond donors (Lipinski definition) is 0. The third kappa shape index (κ3) is 60.9. The van der Waals surface area contributed by atoms with Gasteiger partial charge in [-0.2, -0.15) is 0 Å². The van der Waals surface area contributed by atoms with E-state index in [2.05, 4.69) is 22.1 Å². The molecule has 2 heteroatoms. The van der Waals surface area contributed by atoms with E-state index in [-0.39, 0.29) is 34.3 Å². The summed E-state index contributed by atoms with van der Waals surface area (Å²) in [6.45, 7) is 0. The van der Waals surface area contributed by atoms with Crippen molar-refractivity contribution in [1.82, 2.24) is 0 Å². The predicted octanol–water partition coefficient (Wildman–Crippen LogP) is 2.33. The average Bonchev–Trinajstić information content (AvgIpc) is 1.39. The SMILES string of the molecule is [CH3][Zn][CH3].[CH3][Zn][CH3]. The van der Waals surface area contributed by atoms with Crippen LogP contribution in [0.1, 0.15) is 0 Å². The molecule has 0 bridgehead atoms. The Balaban J connectivity index is 0. The van der Waals surface area contributed by atoms with Crippen LogP contribution in [-0.4, -0.2) is 0 Å². The van der Waals surface area contributed by atoms with Gasteiger partial charge in [-0.15, -0.1) is 0 Å². The molecule has 0 aliphatic heterocycles. The minimum absolute atomic E-state index is 0.125. The van der Waals surface area contributed by atoms with Gasteiger partial charge in [0.1, 0.15) is 0 Å². The summed E-state index contributed by atoms with van der Waals surface area (Å²) < 4.78 is 0. The Bertz CT molecular complexity index is 7.51. The van der Waals surface area contributed by atoms with Gasteiger partial charge in [-0.1, -0.05) is 0 Å². The van der Waals surface area contributed by atoms with Gasteiger partial charge in [-0.25, -0.2) is 0 Å². The van der Waals surface area contributed by atoms with Crippen LogP contribution in [-0.2, 0) is 34.3 Å². The number of hydrogen-bond acceptors (Lipinski definition) is 0. The third-order valence-corrected chi connectivity index (χ3v) is 0. The van der Waals surface area contributed by atoms with E-state index < -0.39 is 0 Å². The second-order valence-corrected chi connectivity index (χ2v) is 7.35. The number of rotatable bonds is 0. The molecule has 0 saturated heterocycles. The van der Waals surface area contributed by atoms with Crippen molar-refractivity contribution < 1.29 is 34.3 Å². The summed E-state index contributed by atoms with van der Waals surface area (Å²) in [6, 6.07) is 0. The first-order chi connectivity index (χ1) is 2.83. The molecular weight excluding hydrogens is 179 g/mol. The van der Waals surface area contributed by atoms with Crippen molar-refractivity contribution in [2.75, 3.05) is 0 Å². The second kappa shape index (κ2) is 16.3. The van der Waals surface area contributed by atoms with Crippen molar-refractivity contribution in [3.63, 3.8) is 0 Å². The molecule has 0 nitrogen and oxygen atoms in total. The molecule has 0 saturated carbocycles. The first-order valence-corrected chi connectivity index (χ1v) is 14.7. The molecule has 0 amide bonds. The topological polar surface area (TPSA) is 0 Å². The maximum atomic E-state index is 2.31. The average molecular weight is 191 g/mol. The molecule has 6 heavy (non-hydrogen) atoms. The van der Waals surface area contributed by atoms with Crippen LogP contribution in [0.15, 0.2) is 0 Å².